The number of aromatic amines is 1. The average molecular weight is 412 g/mol. The lowest BCUT2D eigenvalue weighted by atomic mass is 9.98. The second-order valence-corrected chi connectivity index (χ2v) is 8.50. The summed E-state index contributed by atoms with van der Waals surface area (Å²) in [5.74, 6) is -0.506. The van der Waals surface area contributed by atoms with Gasteiger partial charge >= 0.3 is 6.18 Å². The lowest BCUT2D eigenvalue weighted by Crippen LogP contribution is -2.09. The molecule has 3 rings (SSSR count). The summed E-state index contributed by atoms with van der Waals surface area (Å²) >= 11 is 0. The molecule has 9 heteroatoms. The number of hydrogen-bond donors (Lipinski definition) is 1. The van der Waals surface area contributed by atoms with Crippen LogP contribution in [0.25, 0.3) is 11.3 Å². The first kappa shape index (κ1) is 20.1. The van der Waals surface area contributed by atoms with Crippen molar-refractivity contribution in [2.45, 2.75) is 24.4 Å². The number of aromatic nitrogens is 2. The molecule has 0 atom stereocenters. The van der Waals surface area contributed by atoms with E-state index in [9.17, 15) is 26.0 Å². The molecule has 1 heterocycles. The highest BCUT2D eigenvalue weighted by Gasteiger charge is 2.37. The van der Waals surface area contributed by atoms with E-state index in [4.69, 9.17) is 0 Å². The minimum Gasteiger partial charge on any atom is -0.273 e. The van der Waals surface area contributed by atoms with Crippen LogP contribution in [-0.2, 0) is 22.4 Å². The number of H-pyrrole nitrogens is 1. The Labute approximate surface area is 159 Å². The van der Waals surface area contributed by atoms with Crippen molar-refractivity contribution >= 4 is 9.84 Å². The summed E-state index contributed by atoms with van der Waals surface area (Å²) in [6.07, 6.45) is -3.82. The molecule has 0 aliphatic heterocycles. The largest absolute Gasteiger partial charge is 0.433 e. The Kier molecular flexibility index (Phi) is 5.05. The van der Waals surface area contributed by atoms with Crippen molar-refractivity contribution in [2.24, 2.45) is 0 Å². The molecule has 0 saturated carbocycles. The minimum absolute atomic E-state index is 0.0355. The number of alkyl halides is 3. The number of sulfone groups is 1. The van der Waals surface area contributed by atoms with Crippen molar-refractivity contribution in [2.75, 3.05) is 6.26 Å². The van der Waals surface area contributed by atoms with E-state index >= 15 is 0 Å². The van der Waals surface area contributed by atoms with Gasteiger partial charge in [0.25, 0.3) is 0 Å². The van der Waals surface area contributed by atoms with Crippen LogP contribution in [0.2, 0.25) is 0 Å². The third kappa shape index (κ3) is 4.09. The zero-order valence-corrected chi connectivity index (χ0v) is 15.7. The summed E-state index contributed by atoms with van der Waals surface area (Å²) < 4.78 is 77.2. The maximum absolute atomic E-state index is 13.8. The topological polar surface area (TPSA) is 62.8 Å². The number of rotatable bonds is 4. The second-order valence-electron chi connectivity index (χ2n) is 6.48. The molecule has 3 aromatic rings. The molecular weight excluding hydrogens is 396 g/mol. The number of nitrogens with zero attached hydrogens (tertiary/aromatic N) is 1. The lowest BCUT2D eigenvalue weighted by Gasteiger charge is -2.10. The maximum atomic E-state index is 13.8. The summed E-state index contributed by atoms with van der Waals surface area (Å²) in [4.78, 5) is 0.0463. The fraction of sp³-hybridized carbons (Fsp3) is 0.211. The van der Waals surface area contributed by atoms with Gasteiger partial charge in [0.05, 0.1) is 10.6 Å². The molecule has 0 aliphatic carbocycles. The molecule has 0 spiro atoms. The van der Waals surface area contributed by atoms with Gasteiger partial charge in [-0.25, -0.2) is 12.8 Å². The third-order valence-corrected chi connectivity index (χ3v) is 5.45. The van der Waals surface area contributed by atoms with Crippen LogP contribution in [0.5, 0.6) is 0 Å². The molecule has 0 saturated heterocycles. The van der Waals surface area contributed by atoms with E-state index < -0.39 is 27.5 Å². The number of hydrogen-bond acceptors (Lipinski definition) is 3. The highest BCUT2D eigenvalue weighted by Crippen LogP contribution is 2.36. The summed E-state index contributed by atoms with van der Waals surface area (Å²) in [6, 6.07) is 9.65. The number of halogens is 4. The van der Waals surface area contributed by atoms with Crippen LogP contribution in [-0.4, -0.2) is 24.9 Å². The van der Waals surface area contributed by atoms with Crippen LogP contribution >= 0.6 is 0 Å². The zero-order chi connectivity index (χ0) is 20.7. The van der Waals surface area contributed by atoms with Gasteiger partial charge in [0, 0.05) is 23.8 Å². The Hall–Kier alpha value is -2.68. The van der Waals surface area contributed by atoms with E-state index in [1.807, 2.05) is 5.10 Å². The van der Waals surface area contributed by atoms with Gasteiger partial charge in [-0.15, -0.1) is 0 Å². The van der Waals surface area contributed by atoms with Gasteiger partial charge in [-0.2, -0.15) is 18.3 Å². The standard InChI is InChI=1S/C19H16F4N2O2S/c1-11-3-4-12(10-16(11)20)9-15-17(24-25-18(15)19(21,22)23)13-5-7-14(8-6-13)28(2,26)27/h3-8,10H,9H2,1-2H3,(H,24,25). The van der Waals surface area contributed by atoms with Crippen molar-refractivity contribution in [1.82, 2.24) is 10.2 Å². The van der Waals surface area contributed by atoms with Crippen molar-refractivity contribution in [1.29, 1.82) is 0 Å². The molecule has 0 amide bonds. The summed E-state index contributed by atoms with van der Waals surface area (Å²) in [6.45, 7) is 1.56. The first-order chi connectivity index (χ1) is 13.0. The Morgan fingerprint density at radius 2 is 1.71 bits per heavy atom. The van der Waals surface area contributed by atoms with Crippen LogP contribution in [0.4, 0.5) is 17.6 Å². The van der Waals surface area contributed by atoms with Crippen LogP contribution in [0.1, 0.15) is 22.4 Å². The molecule has 0 bridgehead atoms. The van der Waals surface area contributed by atoms with Gasteiger partial charge in [0.2, 0.25) is 0 Å². The first-order valence-corrected chi connectivity index (χ1v) is 10.1. The SMILES string of the molecule is Cc1ccc(Cc2c(-c3ccc(S(C)(=O)=O)cc3)n[nH]c2C(F)(F)F)cc1F. The molecule has 28 heavy (non-hydrogen) atoms. The number of aryl methyl sites for hydroxylation is 1. The number of nitrogens with one attached hydrogen (secondary N) is 1. The molecular formula is C19H16F4N2O2S. The molecule has 148 valence electrons. The number of benzene rings is 2. The Balaban J connectivity index is 2.09. The molecule has 0 radical (unpaired) electrons. The molecule has 0 unspecified atom stereocenters. The van der Waals surface area contributed by atoms with Crippen molar-refractivity contribution in [3.63, 3.8) is 0 Å². The van der Waals surface area contributed by atoms with Crippen molar-refractivity contribution in [3.8, 4) is 11.3 Å². The Morgan fingerprint density at radius 3 is 2.25 bits per heavy atom. The predicted octanol–water partition coefficient (Wildman–Crippen LogP) is 4.54. The van der Waals surface area contributed by atoms with Crippen molar-refractivity contribution in [3.05, 3.63) is 70.7 Å². The molecule has 1 N–H and O–H groups in total. The van der Waals surface area contributed by atoms with Crippen LogP contribution < -0.4 is 0 Å². The average Bonchev–Trinajstić information content (AvgIpc) is 3.01. The molecule has 1 aromatic heterocycles. The highest BCUT2D eigenvalue weighted by molar-refractivity contribution is 7.90. The smallest absolute Gasteiger partial charge is 0.273 e. The minimum atomic E-state index is -4.67. The third-order valence-electron chi connectivity index (χ3n) is 4.32. The van der Waals surface area contributed by atoms with Crippen LogP contribution in [0.15, 0.2) is 47.4 Å². The fourth-order valence-electron chi connectivity index (χ4n) is 2.82. The van der Waals surface area contributed by atoms with Gasteiger partial charge in [0.1, 0.15) is 11.5 Å². The van der Waals surface area contributed by atoms with E-state index in [2.05, 4.69) is 5.10 Å². The van der Waals surface area contributed by atoms with E-state index in [0.29, 0.717) is 16.7 Å². The quantitative estimate of drug-likeness (QED) is 0.640. The Morgan fingerprint density at radius 1 is 1.07 bits per heavy atom. The molecule has 2 aromatic carbocycles. The van der Waals surface area contributed by atoms with E-state index in [1.54, 1.807) is 13.0 Å². The summed E-state index contributed by atoms with van der Waals surface area (Å²) in [5, 5.41) is 5.81. The van der Waals surface area contributed by atoms with E-state index in [-0.39, 0.29) is 22.6 Å². The highest BCUT2D eigenvalue weighted by atomic mass is 32.2. The first-order valence-electron chi connectivity index (χ1n) is 8.17. The van der Waals surface area contributed by atoms with E-state index in [0.717, 1.165) is 6.26 Å². The molecule has 0 aliphatic rings. The van der Waals surface area contributed by atoms with Gasteiger partial charge in [-0.3, -0.25) is 5.10 Å². The Bertz CT molecular complexity index is 1120. The summed E-state index contributed by atoms with van der Waals surface area (Å²) in [7, 11) is -3.44. The van der Waals surface area contributed by atoms with Crippen molar-refractivity contribution < 1.29 is 26.0 Å². The van der Waals surface area contributed by atoms with Gasteiger partial charge in [-0.1, -0.05) is 24.3 Å². The predicted molar refractivity (Wildman–Crippen MR) is 96.1 cm³/mol. The fourth-order valence-corrected chi connectivity index (χ4v) is 3.45. The monoisotopic (exact) mass is 412 g/mol. The normalized spacial score (nSPS) is 12.4. The van der Waals surface area contributed by atoms with Gasteiger partial charge < -0.3 is 0 Å². The maximum Gasteiger partial charge on any atom is 0.433 e. The van der Waals surface area contributed by atoms with Gasteiger partial charge in [-0.05, 0) is 36.2 Å². The second kappa shape index (κ2) is 7.05. The molecule has 4 nitrogen and oxygen atoms in total. The van der Waals surface area contributed by atoms with E-state index in [1.165, 1.54) is 36.4 Å². The van der Waals surface area contributed by atoms with Crippen LogP contribution in [0.3, 0.4) is 0 Å². The van der Waals surface area contributed by atoms with Gasteiger partial charge in [0.15, 0.2) is 9.84 Å². The summed E-state index contributed by atoms with van der Waals surface area (Å²) in [5.41, 5.74) is -0.0405. The zero-order valence-electron chi connectivity index (χ0n) is 14.9. The lowest BCUT2D eigenvalue weighted by molar-refractivity contribution is -0.141. The van der Waals surface area contributed by atoms with Crippen LogP contribution in [0, 0.1) is 12.7 Å². The molecule has 0 fully saturated rings.